The average Bonchev–Trinajstić information content (AvgIpc) is 3.28. The van der Waals surface area contributed by atoms with Gasteiger partial charge in [0.15, 0.2) is 11.5 Å². The number of fused-ring (bicyclic) bond motifs is 3. The molecule has 0 saturated heterocycles. The lowest BCUT2D eigenvalue weighted by Gasteiger charge is -2.38. The number of benzene rings is 3. The molecule has 5 heteroatoms. The van der Waals surface area contributed by atoms with Gasteiger partial charge in [-0.2, -0.15) is 5.10 Å². The van der Waals surface area contributed by atoms with Crippen LogP contribution in [-0.4, -0.2) is 24.9 Å². The van der Waals surface area contributed by atoms with Gasteiger partial charge in [0.1, 0.15) is 5.75 Å². The van der Waals surface area contributed by atoms with Crippen LogP contribution in [0.15, 0.2) is 71.8 Å². The van der Waals surface area contributed by atoms with Crippen LogP contribution in [0.4, 0.5) is 0 Å². The second-order valence-corrected chi connectivity index (χ2v) is 9.60. The Morgan fingerprint density at radius 2 is 1.64 bits per heavy atom. The van der Waals surface area contributed by atoms with E-state index in [1.165, 1.54) is 5.56 Å². The normalized spacial score (nSPS) is 19.3. The largest absolute Gasteiger partial charge is 0.497 e. The molecule has 2 aliphatic heterocycles. The van der Waals surface area contributed by atoms with E-state index in [0.717, 1.165) is 46.1 Å². The van der Waals surface area contributed by atoms with Crippen molar-refractivity contribution in [3.05, 3.63) is 89.0 Å². The smallest absolute Gasteiger partial charge is 0.214 e. The molecular weight excluding hydrogens is 412 g/mol. The van der Waals surface area contributed by atoms with Crippen LogP contribution in [0.5, 0.6) is 17.2 Å². The Hall–Kier alpha value is -3.47. The molecule has 2 unspecified atom stereocenters. The average molecular weight is 443 g/mol. The molecule has 0 bridgehead atoms. The Balaban J connectivity index is 1.57. The number of nitrogens with zero attached hydrogens (tertiary/aromatic N) is 2. The van der Waals surface area contributed by atoms with Gasteiger partial charge in [0.05, 0.1) is 26.0 Å². The topological polar surface area (TPSA) is 43.3 Å². The standard InChI is InChI=1S/C28H30N2O3/c1-28(2,3)20-13-9-19(10-14-20)27-30-24(22-7-6-8-25(32-5)26(22)33-27)17-23(29-30)18-11-15-21(31-4)16-12-18/h6-16,24,27H,17H2,1-5H3. The third-order valence-electron chi connectivity index (χ3n) is 6.49. The van der Waals surface area contributed by atoms with Crippen LogP contribution >= 0.6 is 0 Å². The minimum absolute atomic E-state index is 0.0771. The zero-order chi connectivity index (χ0) is 23.2. The molecular formula is C28H30N2O3. The van der Waals surface area contributed by atoms with Gasteiger partial charge in [0, 0.05) is 17.5 Å². The van der Waals surface area contributed by atoms with Gasteiger partial charge in [-0.25, -0.2) is 5.01 Å². The number of methoxy groups -OCH3 is 2. The molecule has 0 aromatic heterocycles. The highest BCUT2D eigenvalue weighted by Crippen LogP contribution is 2.50. The molecule has 2 atom stereocenters. The molecule has 170 valence electrons. The third-order valence-corrected chi connectivity index (χ3v) is 6.49. The van der Waals surface area contributed by atoms with Crippen LogP contribution in [0, 0.1) is 0 Å². The van der Waals surface area contributed by atoms with Gasteiger partial charge in [-0.05, 0) is 46.9 Å². The molecule has 5 nitrogen and oxygen atoms in total. The van der Waals surface area contributed by atoms with Crippen LogP contribution in [0.2, 0.25) is 0 Å². The Labute approximate surface area is 195 Å². The summed E-state index contributed by atoms with van der Waals surface area (Å²) in [6.07, 6.45) is 0.468. The molecule has 33 heavy (non-hydrogen) atoms. The van der Waals surface area contributed by atoms with E-state index in [0.29, 0.717) is 0 Å². The summed E-state index contributed by atoms with van der Waals surface area (Å²) < 4.78 is 17.5. The van der Waals surface area contributed by atoms with E-state index in [4.69, 9.17) is 19.3 Å². The highest BCUT2D eigenvalue weighted by atomic mass is 16.5. The molecule has 0 saturated carbocycles. The van der Waals surface area contributed by atoms with E-state index in [1.54, 1.807) is 14.2 Å². The van der Waals surface area contributed by atoms with Crippen molar-refractivity contribution in [2.45, 2.75) is 44.9 Å². The van der Waals surface area contributed by atoms with Crippen LogP contribution in [0.3, 0.4) is 0 Å². The zero-order valence-corrected chi connectivity index (χ0v) is 19.8. The van der Waals surface area contributed by atoms with Crippen LogP contribution < -0.4 is 14.2 Å². The Morgan fingerprint density at radius 1 is 0.909 bits per heavy atom. The summed E-state index contributed by atoms with van der Waals surface area (Å²) in [5, 5.41) is 7.17. The van der Waals surface area contributed by atoms with Crippen molar-refractivity contribution in [2.75, 3.05) is 14.2 Å². The molecule has 0 radical (unpaired) electrons. The first kappa shape index (κ1) is 21.4. The van der Waals surface area contributed by atoms with E-state index in [-0.39, 0.29) is 17.7 Å². The predicted molar refractivity (Wildman–Crippen MR) is 130 cm³/mol. The van der Waals surface area contributed by atoms with Crippen LogP contribution in [-0.2, 0) is 5.41 Å². The third kappa shape index (κ3) is 3.82. The van der Waals surface area contributed by atoms with Gasteiger partial charge in [0.2, 0.25) is 6.23 Å². The number of para-hydroxylation sites is 1. The molecule has 0 spiro atoms. The summed E-state index contributed by atoms with van der Waals surface area (Å²) >= 11 is 0. The van der Waals surface area contributed by atoms with Crippen LogP contribution in [0.1, 0.15) is 61.7 Å². The molecule has 5 rings (SSSR count). The van der Waals surface area contributed by atoms with E-state index in [9.17, 15) is 0 Å². The first-order valence-electron chi connectivity index (χ1n) is 11.3. The van der Waals surface area contributed by atoms with Crippen molar-refractivity contribution in [2.24, 2.45) is 5.10 Å². The van der Waals surface area contributed by atoms with Crippen molar-refractivity contribution >= 4 is 5.71 Å². The maximum atomic E-state index is 6.57. The summed E-state index contributed by atoms with van der Waals surface area (Å²) in [6.45, 7) is 6.67. The van der Waals surface area contributed by atoms with Crippen molar-refractivity contribution in [1.82, 2.24) is 5.01 Å². The number of hydrogen-bond donors (Lipinski definition) is 0. The summed E-state index contributed by atoms with van der Waals surface area (Å²) in [4.78, 5) is 0. The first-order valence-corrected chi connectivity index (χ1v) is 11.3. The highest BCUT2D eigenvalue weighted by molar-refractivity contribution is 6.02. The number of hydrogen-bond acceptors (Lipinski definition) is 5. The molecule has 0 N–H and O–H groups in total. The molecule has 3 aromatic carbocycles. The highest BCUT2D eigenvalue weighted by Gasteiger charge is 2.42. The monoisotopic (exact) mass is 442 g/mol. The Morgan fingerprint density at radius 3 is 2.27 bits per heavy atom. The SMILES string of the molecule is COc1ccc(C2=NN3C(C2)c2cccc(OC)c2OC3c2ccc(C(C)(C)C)cc2)cc1. The van der Waals surface area contributed by atoms with Gasteiger partial charge in [0.25, 0.3) is 0 Å². The fourth-order valence-electron chi connectivity index (χ4n) is 4.57. The molecule has 0 aliphatic carbocycles. The lowest BCUT2D eigenvalue weighted by atomic mass is 9.86. The van der Waals surface area contributed by atoms with E-state index < -0.39 is 0 Å². The van der Waals surface area contributed by atoms with E-state index >= 15 is 0 Å². The molecule has 2 heterocycles. The summed E-state index contributed by atoms with van der Waals surface area (Å²) in [5.41, 5.74) is 5.70. The van der Waals surface area contributed by atoms with E-state index in [1.807, 2.05) is 24.3 Å². The Kier molecular flexibility index (Phi) is 5.28. The predicted octanol–water partition coefficient (Wildman–Crippen LogP) is 6.24. The second-order valence-electron chi connectivity index (χ2n) is 9.60. The van der Waals surface area contributed by atoms with Gasteiger partial charge in [-0.3, -0.25) is 0 Å². The maximum absolute atomic E-state index is 6.57. The minimum atomic E-state index is -0.330. The Bertz CT molecular complexity index is 1180. The van der Waals surface area contributed by atoms with Crippen molar-refractivity contribution in [1.29, 1.82) is 0 Å². The van der Waals surface area contributed by atoms with Gasteiger partial charge in [-0.1, -0.05) is 57.2 Å². The summed E-state index contributed by atoms with van der Waals surface area (Å²) in [6, 6.07) is 22.9. The molecule has 2 aliphatic rings. The molecule has 0 amide bonds. The fraction of sp³-hybridized carbons (Fsp3) is 0.321. The van der Waals surface area contributed by atoms with Gasteiger partial charge in [-0.15, -0.1) is 0 Å². The summed E-state index contributed by atoms with van der Waals surface area (Å²) in [5.74, 6) is 2.39. The van der Waals surface area contributed by atoms with Crippen molar-refractivity contribution in [3.8, 4) is 17.2 Å². The fourth-order valence-corrected chi connectivity index (χ4v) is 4.57. The summed E-state index contributed by atoms with van der Waals surface area (Å²) in [7, 11) is 3.37. The first-order chi connectivity index (χ1) is 15.9. The van der Waals surface area contributed by atoms with Gasteiger partial charge < -0.3 is 14.2 Å². The number of hydrazone groups is 1. The quantitative estimate of drug-likeness (QED) is 0.479. The van der Waals surface area contributed by atoms with Crippen molar-refractivity contribution < 1.29 is 14.2 Å². The lowest BCUT2D eigenvalue weighted by Crippen LogP contribution is -2.34. The minimum Gasteiger partial charge on any atom is -0.497 e. The van der Waals surface area contributed by atoms with Crippen molar-refractivity contribution in [3.63, 3.8) is 0 Å². The number of rotatable bonds is 4. The molecule has 0 fully saturated rings. The second kappa shape index (κ2) is 8.14. The lowest BCUT2D eigenvalue weighted by molar-refractivity contribution is -0.0209. The zero-order valence-electron chi connectivity index (χ0n) is 19.8. The van der Waals surface area contributed by atoms with Gasteiger partial charge >= 0.3 is 0 Å². The van der Waals surface area contributed by atoms with Crippen LogP contribution in [0.25, 0.3) is 0 Å². The maximum Gasteiger partial charge on any atom is 0.214 e. The molecule has 3 aromatic rings. The van der Waals surface area contributed by atoms with E-state index in [2.05, 4.69) is 68.2 Å². The number of ether oxygens (including phenoxy) is 3.